The Kier molecular flexibility index (Phi) is 4.11. The molecule has 2 aromatic heterocycles. The summed E-state index contributed by atoms with van der Waals surface area (Å²) in [6, 6.07) is 0. The van der Waals surface area contributed by atoms with Crippen molar-refractivity contribution >= 4 is 36.3 Å². The topological polar surface area (TPSA) is 59.8 Å². The van der Waals surface area contributed by atoms with E-state index in [2.05, 4.69) is 30.2 Å². The van der Waals surface area contributed by atoms with E-state index in [9.17, 15) is 9.59 Å². The third-order valence-electron chi connectivity index (χ3n) is 3.51. The molecule has 0 aliphatic heterocycles. The van der Waals surface area contributed by atoms with E-state index in [0.29, 0.717) is 29.8 Å². The number of hydrogen-bond acceptors (Lipinski definition) is 4. The Labute approximate surface area is 127 Å². The fourth-order valence-electron chi connectivity index (χ4n) is 2.23. The van der Waals surface area contributed by atoms with E-state index >= 15 is 0 Å². The Bertz CT molecular complexity index is 755. The SMILES string of the molecule is Cc1cn(C)c2c(=O)n(CC[C@@](C)(S)CS)c(=O)[nH]c12. The quantitative estimate of drug-likeness (QED) is 0.746. The number of H-pyrrole nitrogens is 1. The number of fused-ring (bicyclic) bond motifs is 1. The molecule has 2 rings (SSSR count). The van der Waals surface area contributed by atoms with E-state index in [4.69, 9.17) is 0 Å². The molecule has 2 heterocycles. The van der Waals surface area contributed by atoms with Crippen LogP contribution in [-0.4, -0.2) is 24.6 Å². The molecule has 7 heteroatoms. The number of thiol groups is 2. The molecule has 0 saturated heterocycles. The van der Waals surface area contributed by atoms with Gasteiger partial charge in [-0.1, -0.05) is 0 Å². The molecule has 0 spiro atoms. The molecule has 0 aliphatic rings. The zero-order valence-corrected chi connectivity index (χ0v) is 13.6. The average molecular weight is 313 g/mol. The number of nitrogens with one attached hydrogen (secondary N) is 1. The number of rotatable bonds is 4. The second-order valence-electron chi connectivity index (χ2n) is 5.44. The Hall–Kier alpha value is -1.08. The van der Waals surface area contributed by atoms with Crippen LogP contribution < -0.4 is 11.2 Å². The first-order valence-electron chi connectivity index (χ1n) is 6.39. The van der Waals surface area contributed by atoms with E-state index in [0.717, 1.165) is 5.56 Å². The maximum atomic E-state index is 12.5. The van der Waals surface area contributed by atoms with Crippen LogP contribution in [0.25, 0.3) is 11.0 Å². The molecule has 1 atom stereocenters. The smallest absolute Gasteiger partial charge is 0.328 e. The second-order valence-corrected chi connectivity index (χ2v) is 6.83. The van der Waals surface area contributed by atoms with Crippen LogP contribution in [0.5, 0.6) is 0 Å². The lowest BCUT2D eigenvalue weighted by Gasteiger charge is -2.20. The van der Waals surface area contributed by atoms with E-state index < -0.39 is 0 Å². The molecule has 0 unspecified atom stereocenters. The summed E-state index contributed by atoms with van der Waals surface area (Å²) < 4.78 is 2.67. The van der Waals surface area contributed by atoms with Crippen molar-refractivity contribution in [1.29, 1.82) is 0 Å². The zero-order valence-electron chi connectivity index (χ0n) is 11.8. The van der Waals surface area contributed by atoms with Gasteiger partial charge < -0.3 is 9.55 Å². The van der Waals surface area contributed by atoms with Crippen LogP contribution in [0.1, 0.15) is 18.9 Å². The van der Waals surface area contributed by atoms with Crippen LogP contribution >= 0.6 is 25.3 Å². The van der Waals surface area contributed by atoms with Crippen molar-refractivity contribution < 1.29 is 0 Å². The Morgan fingerprint density at radius 2 is 2.05 bits per heavy atom. The first kappa shape index (κ1) is 15.3. The van der Waals surface area contributed by atoms with Gasteiger partial charge >= 0.3 is 5.69 Å². The van der Waals surface area contributed by atoms with Crippen LogP contribution in [0, 0.1) is 6.92 Å². The predicted octanol–water partition coefficient (Wildman–Crippen LogP) is 1.35. The van der Waals surface area contributed by atoms with Crippen LogP contribution in [0.2, 0.25) is 0 Å². The van der Waals surface area contributed by atoms with Gasteiger partial charge in [0.15, 0.2) is 0 Å². The minimum absolute atomic E-state index is 0.261. The number of hydrogen-bond donors (Lipinski definition) is 3. The molecule has 2 aromatic rings. The highest BCUT2D eigenvalue weighted by Gasteiger charge is 2.19. The third-order valence-corrected chi connectivity index (χ3v) is 4.84. The Morgan fingerprint density at radius 3 is 2.65 bits per heavy atom. The molecule has 0 amide bonds. The lowest BCUT2D eigenvalue weighted by molar-refractivity contribution is 0.534. The molecule has 1 N–H and O–H groups in total. The molecule has 0 fully saturated rings. The van der Waals surface area contributed by atoms with Gasteiger partial charge in [-0.25, -0.2) is 4.79 Å². The number of aryl methyl sites for hydroxylation is 2. The number of nitrogens with zero attached hydrogens (tertiary/aromatic N) is 2. The average Bonchev–Trinajstić information content (AvgIpc) is 2.64. The predicted molar refractivity (Wildman–Crippen MR) is 88.4 cm³/mol. The Balaban J connectivity index is 2.53. The molecule has 0 radical (unpaired) electrons. The van der Waals surface area contributed by atoms with Gasteiger partial charge in [0.1, 0.15) is 5.52 Å². The molecule has 0 aliphatic carbocycles. The molecule has 110 valence electrons. The van der Waals surface area contributed by atoms with Crippen molar-refractivity contribution in [3.8, 4) is 0 Å². The zero-order chi connectivity index (χ0) is 15.1. The van der Waals surface area contributed by atoms with Gasteiger partial charge in [0.05, 0.1) is 5.52 Å². The number of aromatic amines is 1. The first-order chi connectivity index (χ1) is 9.26. The lowest BCUT2D eigenvalue weighted by atomic mass is 10.1. The summed E-state index contributed by atoms with van der Waals surface area (Å²) >= 11 is 8.70. The van der Waals surface area contributed by atoms with Gasteiger partial charge in [-0.05, 0) is 25.8 Å². The van der Waals surface area contributed by atoms with E-state index in [1.807, 2.05) is 20.0 Å². The molecular formula is C13H19N3O2S2. The van der Waals surface area contributed by atoms with Gasteiger partial charge in [0, 0.05) is 30.3 Å². The summed E-state index contributed by atoms with van der Waals surface area (Å²) in [4.78, 5) is 27.3. The van der Waals surface area contributed by atoms with Crippen molar-refractivity contribution in [2.75, 3.05) is 5.75 Å². The summed E-state index contributed by atoms with van der Waals surface area (Å²) in [5.41, 5.74) is 1.39. The fraction of sp³-hybridized carbons (Fsp3) is 0.538. The summed E-state index contributed by atoms with van der Waals surface area (Å²) in [7, 11) is 1.80. The monoisotopic (exact) mass is 313 g/mol. The molecule has 0 saturated carbocycles. The number of aromatic nitrogens is 3. The molecule has 0 aromatic carbocycles. The van der Waals surface area contributed by atoms with Gasteiger partial charge in [-0.2, -0.15) is 25.3 Å². The second kappa shape index (κ2) is 5.37. The fourth-order valence-corrected chi connectivity index (χ4v) is 2.49. The standard InChI is InChI=1S/C13H19N3O2S2/c1-8-6-15(3)10-9(8)14-12(18)16(11(10)17)5-4-13(2,20)7-19/h6,19-20H,4-5,7H2,1-3H3,(H,14,18)/t13-/m1/s1. The minimum atomic E-state index is -0.375. The molecular weight excluding hydrogens is 294 g/mol. The van der Waals surface area contributed by atoms with E-state index in [1.54, 1.807) is 11.6 Å². The summed E-state index contributed by atoms with van der Waals surface area (Å²) in [5.74, 6) is 0.578. The van der Waals surface area contributed by atoms with Gasteiger partial charge in [-0.3, -0.25) is 9.36 Å². The van der Waals surface area contributed by atoms with E-state index in [-0.39, 0.29) is 16.0 Å². The third kappa shape index (κ3) is 2.69. The normalized spacial score (nSPS) is 14.7. The lowest BCUT2D eigenvalue weighted by Crippen LogP contribution is -2.37. The Morgan fingerprint density at radius 1 is 1.40 bits per heavy atom. The summed E-state index contributed by atoms with van der Waals surface area (Å²) in [6.45, 7) is 4.14. The first-order valence-corrected chi connectivity index (χ1v) is 7.47. The highest BCUT2D eigenvalue weighted by atomic mass is 32.1. The molecule has 0 bridgehead atoms. The van der Waals surface area contributed by atoms with Crippen LogP contribution in [0.4, 0.5) is 0 Å². The summed E-state index contributed by atoms with van der Waals surface area (Å²) in [6.07, 6.45) is 2.43. The van der Waals surface area contributed by atoms with Crippen LogP contribution in [0.3, 0.4) is 0 Å². The molecule has 5 nitrogen and oxygen atoms in total. The van der Waals surface area contributed by atoms with Gasteiger partial charge in [-0.15, -0.1) is 0 Å². The minimum Gasteiger partial charge on any atom is -0.345 e. The maximum absolute atomic E-state index is 12.5. The van der Waals surface area contributed by atoms with Gasteiger partial charge in [0.25, 0.3) is 5.56 Å². The van der Waals surface area contributed by atoms with Crippen LogP contribution in [0.15, 0.2) is 15.8 Å². The van der Waals surface area contributed by atoms with Crippen molar-refractivity contribution in [3.05, 3.63) is 32.6 Å². The van der Waals surface area contributed by atoms with Crippen molar-refractivity contribution in [2.24, 2.45) is 7.05 Å². The van der Waals surface area contributed by atoms with Crippen molar-refractivity contribution in [1.82, 2.24) is 14.1 Å². The van der Waals surface area contributed by atoms with Crippen molar-refractivity contribution in [2.45, 2.75) is 31.6 Å². The highest BCUT2D eigenvalue weighted by Crippen LogP contribution is 2.20. The van der Waals surface area contributed by atoms with E-state index in [1.165, 1.54) is 4.57 Å². The van der Waals surface area contributed by atoms with Crippen molar-refractivity contribution in [3.63, 3.8) is 0 Å². The molecule has 20 heavy (non-hydrogen) atoms. The highest BCUT2D eigenvalue weighted by molar-refractivity contribution is 7.85. The van der Waals surface area contributed by atoms with Crippen LogP contribution in [-0.2, 0) is 13.6 Å². The summed E-state index contributed by atoms with van der Waals surface area (Å²) in [5, 5.41) is 0. The largest absolute Gasteiger partial charge is 0.345 e. The van der Waals surface area contributed by atoms with Gasteiger partial charge in [0.2, 0.25) is 0 Å². The maximum Gasteiger partial charge on any atom is 0.328 e.